The van der Waals surface area contributed by atoms with Crippen molar-refractivity contribution >= 4 is 17.2 Å². The van der Waals surface area contributed by atoms with Crippen molar-refractivity contribution in [3.8, 4) is 5.75 Å². The van der Waals surface area contributed by atoms with E-state index in [1.54, 1.807) is 0 Å². The molecule has 3 aromatic rings. The summed E-state index contributed by atoms with van der Waals surface area (Å²) in [5, 5.41) is 7.29. The van der Waals surface area contributed by atoms with Gasteiger partial charge in [-0.25, -0.2) is 0 Å². The van der Waals surface area contributed by atoms with Crippen LogP contribution in [0.1, 0.15) is 61.8 Å². The maximum absolute atomic E-state index is 13.7. The highest BCUT2D eigenvalue weighted by Crippen LogP contribution is 2.44. The molecule has 2 aliphatic rings. The summed E-state index contributed by atoms with van der Waals surface area (Å²) in [5.74, 6) is 1.23. The second kappa shape index (κ2) is 9.76. The summed E-state index contributed by atoms with van der Waals surface area (Å²) in [5.41, 5.74) is 7.51. The Morgan fingerprint density at radius 2 is 1.56 bits per heavy atom. The van der Waals surface area contributed by atoms with Gasteiger partial charge in [0.25, 0.3) is 0 Å². The summed E-state index contributed by atoms with van der Waals surface area (Å²) in [6.45, 7) is 4.98. The van der Waals surface area contributed by atoms with Crippen LogP contribution < -0.4 is 15.4 Å². The molecule has 3 aromatic carbocycles. The van der Waals surface area contributed by atoms with Crippen molar-refractivity contribution in [3.63, 3.8) is 0 Å². The van der Waals surface area contributed by atoms with Crippen LogP contribution in [0.2, 0.25) is 0 Å². The number of para-hydroxylation sites is 2. The van der Waals surface area contributed by atoms with Crippen LogP contribution in [0.25, 0.3) is 0 Å². The molecule has 5 rings (SSSR count). The van der Waals surface area contributed by atoms with Crippen molar-refractivity contribution in [2.75, 3.05) is 17.2 Å². The number of fused-ring (bicyclic) bond motifs is 1. The Bertz CT molecular complexity index is 1200. The molecule has 174 valence electrons. The van der Waals surface area contributed by atoms with Gasteiger partial charge in [-0.15, -0.1) is 0 Å². The lowest BCUT2D eigenvalue weighted by atomic mass is 9.78. The monoisotopic (exact) mass is 452 g/mol. The van der Waals surface area contributed by atoms with Crippen molar-refractivity contribution in [2.24, 2.45) is 0 Å². The largest absolute Gasteiger partial charge is 0.494 e. The van der Waals surface area contributed by atoms with Crippen LogP contribution in [0, 0.1) is 0 Å². The summed E-state index contributed by atoms with van der Waals surface area (Å²) in [6.07, 6.45) is 3.30. The lowest BCUT2D eigenvalue weighted by Gasteiger charge is -2.30. The van der Waals surface area contributed by atoms with Gasteiger partial charge in [-0.05, 0) is 66.1 Å². The predicted octanol–water partition coefficient (Wildman–Crippen LogP) is 7.02. The van der Waals surface area contributed by atoms with Gasteiger partial charge in [0.1, 0.15) is 5.75 Å². The average molecular weight is 453 g/mol. The first-order valence-corrected chi connectivity index (χ1v) is 12.4. The fraction of sp³-hybridized carbons (Fsp3) is 0.300. The predicted molar refractivity (Wildman–Crippen MR) is 138 cm³/mol. The SMILES string of the molecule is CCCOc1ccc(C2CC(=O)C3=C(C2)Nc2ccccc2NC3c2ccc(CC)cc2)cc1. The first kappa shape index (κ1) is 22.3. The van der Waals surface area contributed by atoms with Crippen LogP contribution >= 0.6 is 0 Å². The summed E-state index contributed by atoms with van der Waals surface area (Å²) >= 11 is 0. The van der Waals surface area contributed by atoms with E-state index in [1.165, 1.54) is 11.1 Å². The number of aryl methyl sites for hydroxylation is 1. The first-order valence-electron chi connectivity index (χ1n) is 12.4. The molecule has 1 aliphatic heterocycles. The van der Waals surface area contributed by atoms with Crippen LogP contribution in [0.4, 0.5) is 11.4 Å². The van der Waals surface area contributed by atoms with Crippen LogP contribution in [0.5, 0.6) is 5.75 Å². The second-order valence-electron chi connectivity index (χ2n) is 9.18. The Hall–Kier alpha value is -3.53. The van der Waals surface area contributed by atoms with Gasteiger partial charge in [0.05, 0.1) is 24.0 Å². The smallest absolute Gasteiger partial charge is 0.163 e. The Kier molecular flexibility index (Phi) is 6.39. The van der Waals surface area contributed by atoms with Crippen molar-refractivity contribution < 1.29 is 9.53 Å². The molecule has 2 unspecified atom stereocenters. The normalized spacial score (nSPS) is 19.4. The molecule has 2 N–H and O–H groups in total. The molecule has 0 radical (unpaired) electrons. The molecule has 2 atom stereocenters. The zero-order valence-electron chi connectivity index (χ0n) is 19.9. The highest BCUT2D eigenvalue weighted by Gasteiger charge is 2.36. The van der Waals surface area contributed by atoms with E-state index in [-0.39, 0.29) is 17.7 Å². The molecule has 0 saturated heterocycles. The third kappa shape index (κ3) is 4.45. The second-order valence-corrected chi connectivity index (χ2v) is 9.18. The molecule has 0 fully saturated rings. The molecule has 0 aromatic heterocycles. The summed E-state index contributed by atoms with van der Waals surface area (Å²) in [6, 6.07) is 24.9. The molecule has 34 heavy (non-hydrogen) atoms. The van der Waals surface area contributed by atoms with Gasteiger partial charge in [0.15, 0.2) is 5.78 Å². The number of carbonyl (C=O) groups is 1. The number of hydrogen-bond donors (Lipinski definition) is 2. The average Bonchev–Trinajstić information content (AvgIpc) is 3.05. The number of ether oxygens (including phenoxy) is 1. The minimum absolute atomic E-state index is 0.146. The zero-order valence-corrected chi connectivity index (χ0v) is 19.9. The zero-order chi connectivity index (χ0) is 23.5. The van der Waals surface area contributed by atoms with Gasteiger partial charge in [0, 0.05) is 17.7 Å². The number of allylic oxidation sites excluding steroid dienone is 1. The van der Waals surface area contributed by atoms with Gasteiger partial charge in [-0.3, -0.25) is 4.79 Å². The first-order chi connectivity index (χ1) is 16.7. The highest BCUT2D eigenvalue weighted by molar-refractivity contribution is 6.01. The van der Waals surface area contributed by atoms with Crippen molar-refractivity contribution in [1.29, 1.82) is 0 Å². The summed E-state index contributed by atoms with van der Waals surface area (Å²) in [4.78, 5) is 13.7. The van der Waals surface area contributed by atoms with E-state index >= 15 is 0 Å². The van der Waals surface area contributed by atoms with Gasteiger partial charge in [-0.1, -0.05) is 62.4 Å². The number of hydrogen-bond acceptors (Lipinski definition) is 4. The maximum Gasteiger partial charge on any atom is 0.163 e. The summed E-state index contributed by atoms with van der Waals surface area (Å²) < 4.78 is 5.74. The number of anilines is 2. The van der Waals surface area contributed by atoms with E-state index in [2.05, 4.69) is 73.0 Å². The fourth-order valence-corrected chi connectivity index (χ4v) is 4.98. The Labute approximate surface area is 202 Å². The number of benzene rings is 3. The maximum atomic E-state index is 13.7. The van der Waals surface area contributed by atoms with Crippen LogP contribution in [0.15, 0.2) is 84.1 Å². The van der Waals surface area contributed by atoms with Crippen LogP contribution in [0.3, 0.4) is 0 Å². The van der Waals surface area contributed by atoms with E-state index in [1.807, 2.05) is 24.3 Å². The van der Waals surface area contributed by atoms with E-state index in [9.17, 15) is 4.79 Å². The number of nitrogens with one attached hydrogen (secondary N) is 2. The number of Topliss-reactive ketones (excluding diaryl/α,β-unsaturated/α-hetero) is 1. The van der Waals surface area contributed by atoms with Crippen molar-refractivity contribution in [1.82, 2.24) is 0 Å². The fourth-order valence-electron chi connectivity index (χ4n) is 4.98. The topological polar surface area (TPSA) is 50.4 Å². The molecule has 0 bridgehead atoms. The van der Waals surface area contributed by atoms with Crippen LogP contribution in [-0.4, -0.2) is 12.4 Å². The number of ketones is 1. The van der Waals surface area contributed by atoms with E-state index in [0.29, 0.717) is 13.0 Å². The van der Waals surface area contributed by atoms with Crippen molar-refractivity contribution in [3.05, 3.63) is 101 Å². The van der Waals surface area contributed by atoms with Gasteiger partial charge in [0.2, 0.25) is 0 Å². The molecule has 0 saturated carbocycles. The lowest BCUT2D eigenvalue weighted by molar-refractivity contribution is -0.116. The molecular formula is C30H32N2O2. The lowest BCUT2D eigenvalue weighted by Crippen LogP contribution is -2.26. The molecule has 0 spiro atoms. The van der Waals surface area contributed by atoms with Gasteiger partial charge in [-0.2, -0.15) is 0 Å². The van der Waals surface area contributed by atoms with E-state index in [4.69, 9.17) is 4.74 Å². The minimum Gasteiger partial charge on any atom is -0.494 e. The molecule has 4 heteroatoms. The summed E-state index contributed by atoms with van der Waals surface area (Å²) in [7, 11) is 0. The van der Waals surface area contributed by atoms with Gasteiger partial charge < -0.3 is 15.4 Å². The number of carbonyl (C=O) groups excluding carboxylic acids is 1. The van der Waals surface area contributed by atoms with Crippen LogP contribution in [-0.2, 0) is 11.2 Å². The third-order valence-electron chi connectivity index (χ3n) is 6.85. The standard InChI is InChI=1S/C30H32N2O2/c1-3-17-34-24-15-13-21(14-16-24)23-18-27-29(28(33)19-23)30(22-11-9-20(4-2)10-12-22)32-26-8-6-5-7-25(26)31-27/h5-16,23,30-32H,3-4,17-19H2,1-2H3. The Balaban J connectivity index is 1.50. The quantitative estimate of drug-likeness (QED) is 0.422. The molecule has 4 nitrogen and oxygen atoms in total. The molecule has 0 amide bonds. The highest BCUT2D eigenvalue weighted by atomic mass is 16.5. The Morgan fingerprint density at radius 1 is 0.853 bits per heavy atom. The van der Waals surface area contributed by atoms with E-state index in [0.717, 1.165) is 53.2 Å². The minimum atomic E-state index is -0.171. The number of rotatable bonds is 6. The molecular weight excluding hydrogens is 420 g/mol. The third-order valence-corrected chi connectivity index (χ3v) is 6.85. The van der Waals surface area contributed by atoms with Gasteiger partial charge >= 0.3 is 0 Å². The molecule has 1 aliphatic carbocycles. The Morgan fingerprint density at radius 3 is 2.26 bits per heavy atom. The van der Waals surface area contributed by atoms with Crippen molar-refractivity contribution in [2.45, 2.75) is 51.5 Å². The van der Waals surface area contributed by atoms with E-state index < -0.39 is 0 Å². The molecule has 1 heterocycles.